The van der Waals surface area contributed by atoms with E-state index in [0.29, 0.717) is 0 Å². The summed E-state index contributed by atoms with van der Waals surface area (Å²) in [6, 6.07) is 69.0. The molecule has 56 heavy (non-hydrogen) atoms. The normalized spacial score (nSPS) is 11.9. The maximum atomic E-state index is 6.74. The predicted octanol–water partition coefficient (Wildman–Crippen LogP) is 14.9. The smallest absolute Gasteiger partial charge is 0.143 e. The molecule has 0 aliphatic heterocycles. The Bertz CT molecular complexity index is 3500. The molecule has 3 heterocycles. The van der Waals surface area contributed by atoms with E-state index >= 15 is 0 Å². The first kappa shape index (κ1) is 30.9. The fraction of sp³-hybridized carbons (Fsp3) is 0. The molecule has 0 saturated carbocycles. The molecule has 4 nitrogen and oxygen atoms in total. The van der Waals surface area contributed by atoms with Crippen LogP contribution < -0.4 is 4.90 Å². The highest BCUT2D eigenvalue weighted by molar-refractivity contribution is 6.22. The lowest BCUT2D eigenvalue weighted by atomic mass is 9.98. The summed E-state index contributed by atoms with van der Waals surface area (Å²) in [4.78, 5) is 2.40. The van der Waals surface area contributed by atoms with Gasteiger partial charge in [0.05, 0.1) is 33.2 Å². The first-order valence-corrected chi connectivity index (χ1v) is 19.0. The molecule has 0 fully saturated rings. The van der Waals surface area contributed by atoms with Crippen LogP contribution in [0, 0.1) is 0 Å². The lowest BCUT2D eigenvalue weighted by Gasteiger charge is -2.27. The van der Waals surface area contributed by atoms with Gasteiger partial charge in [-0.05, 0) is 89.3 Å². The van der Waals surface area contributed by atoms with Crippen molar-refractivity contribution in [3.05, 3.63) is 194 Å². The number of benzene rings is 9. The average Bonchev–Trinajstić information content (AvgIpc) is 3.95. The van der Waals surface area contributed by atoms with E-state index in [1.807, 2.05) is 12.1 Å². The number of fused-ring (bicyclic) bond motifs is 11. The molecule has 0 saturated heterocycles. The van der Waals surface area contributed by atoms with Gasteiger partial charge in [-0.2, -0.15) is 0 Å². The molecule has 3 aromatic heterocycles. The molecule has 4 heteroatoms. The van der Waals surface area contributed by atoms with Crippen molar-refractivity contribution in [1.29, 1.82) is 0 Å². The molecule has 0 aliphatic rings. The summed E-state index contributed by atoms with van der Waals surface area (Å²) in [5.74, 6) is 0. The van der Waals surface area contributed by atoms with E-state index in [1.54, 1.807) is 0 Å². The SMILES string of the molecule is c1ccc(-n2c3ccccc3c3c(-c4cccc(N(c5cccc6oc7ccccc7c56)c5cccc6oc7c8ccccc8ccc7c56)c4)cccc32)cc1. The average molecular weight is 717 g/mol. The van der Waals surface area contributed by atoms with Crippen LogP contribution in [-0.4, -0.2) is 4.57 Å². The van der Waals surface area contributed by atoms with E-state index in [0.717, 1.165) is 83.0 Å². The number of hydrogen-bond donors (Lipinski definition) is 0. The minimum Gasteiger partial charge on any atom is -0.456 e. The Hall–Kier alpha value is -7.56. The monoisotopic (exact) mass is 716 g/mol. The van der Waals surface area contributed by atoms with Gasteiger partial charge in [-0.15, -0.1) is 0 Å². The van der Waals surface area contributed by atoms with Crippen molar-refractivity contribution in [3.8, 4) is 16.8 Å². The lowest BCUT2D eigenvalue weighted by Crippen LogP contribution is -2.11. The molecular formula is C52H32N2O2. The van der Waals surface area contributed by atoms with Crippen molar-refractivity contribution in [2.75, 3.05) is 4.90 Å². The van der Waals surface area contributed by atoms with Crippen molar-refractivity contribution in [3.63, 3.8) is 0 Å². The molecular weight excluding hydrogens is 685 g/mol. The van der Waals surface area contributed by atoms with Crippen LogP contribution in [0.2, 0.25) is 0 Å². The molecule has 0 spiro atoms. The Kier molecular flexibility index (Phi) is 6.60. The summed E-state index contributed by atoms with van der Waals surface area (Å²) in [5, 5.41) is 9.00. The lowest BCUT2D eigenvalue weighted by molar-refractivity contribution is 0.669. The number of anilines is 3. The Morgan fingerprint density at radius 1 is 0.393 bits per heavy atom. The molecule has 0 amide bonds. The van der Waals surface area contributed by atoms with Gasteiger partial charge < -0.3 is 18.3 Å². The molecule has 12 aromatic rings. The first-order chi connectivity index (χ1) is 27.8. The number of furan rings is 2. The Morgan fingerprint density at radius 3 is 1.89 bits per heavy atom. The fourth-order valence-electron chi connectivity index (χ4n) is 9.00. The zero-order valence-corrected chi connectivity index (χ0v) is 30.2. The van der Waals surface area contributed by atoms with Gasteiger partial charge in [-0.1, -0.05) is 121 Å². The molecule has 12 rings (SSSR count). The summed E-state index contributed by atoms with van der Waals surface area (Å²) >= 11 is 0. The maximum Gasteiger partial charge on any atom is 0.143 e. The van der Waals surface area contributed by atoms with Crippen molar-refractivity contribution >= 4 is 93.5 Å². The van der Waals surface area contributed by atoms with Crippen molar-refractivity contribution in [1.82, 2.24) is 4.57 Å². The van der Waals surface area contributed by atoms with Crippen molar-refractivity contribution < 1.29 is 8.83 Å². The molecule has 0 atom stereocenters. The summed E-state index contributed by atoms with van der Waals surface area (Å²) < 4.78 is 15.6. The van der Waals surface area contributed by atoms with Gasteiger partial charge in [0.2, 0.25) is 0 Å². The summed E-state index contributed by atoms with van der Waals surface area (Å²) in [5.41, 5.74) is 12.4. The third kappa shape index (κ3) is 4.47. The topological polar surface area (TPSA) is 34.5 Å². The van der Waals surface area contributed by atoms with Crippen molar-refractivity contribution in [2.24, 2.45) is 0 Å². The second-order valence-corrected chi connectivity index (χ2v) is 14.4. The number of para-hydroxylation sites is 3. The van der Waals surface area contributed by atoms with Crippen LogP contribution in [-0.2, 0) is 0 Å². The van der Waals surface area contributed by atoms with E-state index in [2.05, 4.69) is 191 Å². The summed E-state index contributed by atoms with van der Waals surface area (Å²) in [6.07, 6.45) is 0. The van der Waals surface area contributed by atoms with Gasteiger partial charge in [0, 0.05) is 38.3 Å². The number of aromatic nitrogens is 1. The van der Waals surface area contributed by atoms with Gasteiger partial charge in [0.1, 0.15) is 22.3 Å². The highest BCUT2D eigenvalue weighted by Crippen LogP contribution is 2.48. The minimum atomic E-state index is 0.845. The van der Waals surface area contributed by atoms with E-state index < -0.39 is 0 Å². The molecule has 9 aromatic carbocycles. The third-order valence-corrected chi connectivity index (χ3v) is 11.4. The zero-order valence-electron chi connectivity index (χ0n) is 30.2. The van der Waals surface area contributed by atoms with E-state index in [9.17, 15) is 0 Å². The van der Waals surface area contributed by atoms with E-state index in [1.165, 1.54) is 27.4 Å². The van der Waals surface area contributed by atoms with Crippen LogP contribution in [0.3, 0.4) is 0 Å². The first-order valence-electron chi connectivity index (χ1n) is 19.0. The van der Waals surface area contributed by atoms with E-state index in [-0.39, 0.29) is 0 Å². The third-order valence-electron chi connectivity index (χ3n) is 11.4. The highest BCUT2D eigenvalue weighted by Gasteiger charge is 2.24. The predicted molar refractivity (Wildman–Crippen MR) is 233 cm³/mol. The number of nitrogens with zero attached hydrogens (tertiary/aromatic N) is 2. The Morgan fingerprint density at radius 2 is 1.04 bits per heavy atom. The van der Waals surface area contributed by atoms with Crippen LogP contribution in [0.1, 0.15) is 0 Å². The Labute approximate surface area is 321 Å². The second-order valence-electron chi connectivity index (χ2n) is 14.4. The van der Waals surface area contributed by atoms with Gasteiger partial charge in [-0.25, -0.2) is 0 Å². The summed E-state index contributed by atoms with van der Waals surface area (Å²) in [6.45, 7) is 0. The standard InChI is InChI=1S/C52H32N2O2/c1-2-16-35(17-3-1)53-42-23-8-6-20-39(42)49-37(22-11-24-43(49)53)34-15-10-18-36(32-34)54(44-25-12-28-47-50(44)40-21-7-9-27-46(40)55-47)45-26-13-29-48-51(45)41-31-30-33-14-4-5-19-38(33)52(41)56-48/h1-32H. The second kappa shape index (κ2) is 12.0. The number of hydrogen-bond acceptors (Lipinski definition) is 3. The minimum absolute atomic E-state index is 0.845. The van der Waals surface area contributed by atoms with E-state index in [4.69, 9.17) is 8.83 Å². The van der Waals surface area contributed by atoms with Gasteiger partial charge >= 0.3 is 0 Å². The van der Waals surface area contributed by atoms with Crippen LogP contribution in [0.4, 0.5) is 17.1 Å². The molecule has 0 radical (unpaired) electrons. The Balaban J connectivity index is 1.15. The molecule has 0 bridgehead atoms. The highest BCUT2D eigenvalue weighted by atomic mass is 16.3. The quantitative estimate of drug-likeness (QED) is 0.178. The van der Waals surface area contributed by atoms with Gasteiger partial charge in [0.15, 0.2) is 0 Å². The molecule has 0 unspecified atom stereocenters. The largest absolute Gasteiger partial charge is 0.456 e. The van der Waals surface area contributed by atoms with Crippen LogP contribution >= 0.6 is 0 Å². The van der Waals surface area contributed by atoms with Crippen LogP contribution in [0.15, 0.2) is 203 Å². The maximum absolute atomic E-state index is 6.74. The fourth-order valence-corrected chi connectivity index (χ4v) is 9.00. The van der Waals surface area contributed by atoms with Gasteiger partial charge in [0.25, 0.3) is 0 Å². The van der Waals surface area contributed by atoms with Gasteiger partial charge in [-0.3, -0.25) is 0 Å². The van der Waals surface area contributed by atoms with Crippen molar-refractivity contribution in [2.45, 2.75) is 0 Å². The molecule has 0 aliphatic carbocycles. The van der Waals surface area contributed by atoms with Crippen LogP contribution in [0.25, 0.3) is 93.3 Å². The molecule has 0 N–H and O–H groups in total. The number of rotatable bonds is 5. The zero-order chi connectivity index (χ0) is 36.7. The molecule has 262 valence electrons. The summed E-state index contributed by atoms with van der Waals surface area (Å²) in [7, 11) is 0. The van der Waals surface area contributed by atoms with Crippen LogP contribution in [0.5, 0.6) is 0 Å².